The fourth-order valence-corrected chi connectivity index (χ4v) is 2.74. The van der Waals surface area contributed by atoms with Gasteiger partial charge in [-0.2, -0.15) is 0 Å². The van der Waals surface area contributed by atoms with Crippen molar-refractivity contribution in [2.24, 2.45) is 0 Å². The van der Waals surface area contributed by atoms with Crippen molar-refractivity contribution in [3.63, 3.8) is 0 Å². The van der Waals surface area contributed by atoms with Crippen molar-refractivity contribution in [3.8, 4) is 0 Å². The zero-order valence-electron chi connectivity index (χ0n) is 13.1. The SMILES string of the molecule is CCNCCc1ccc(CN2CCN(CC)CC2)cc1. The summed E-state index contributed by atoms with van der Waals surface area (Å²) in [7, 11) is 0. The van der Waals surface area contributed by atoms with Gasteiger partial charge in [0.2, 0.25) is 0 Å². The molecule has 2 rings (SSSR count). The summed E-state index contributed by atoms with van der Waals surface area (Å²) in [5, 5.41) is 3.37. The fraction of sp³-hybridized carbons (Fsp3) is 0.647. The number of hydrogen-bond donors (Lipinski definition) is 1. The van der Waals surface area contributed by atoms with Crippen molar-refractivity contribution in [2.75, 3.05) is 45.8 Å². The highest BCUT2D eigenvalue weighted by atomic mass is 15.3. The minimum absolute atomic E-state index is 1.06. The van der Waals surface area contributed by atoms with E-state index >= 15 is 0 Å². The van der Waals surface area contributed by atoms with Crippen LogP contribution in [0.25, 0.3) is 0 Å². The predicted molar refractivity (Wildman–Crippen MR) is 86.1 cm³/mol. The van der Waals surface area contributed by atoms with Gasteiger partial charge in [0.15, 0.2) is 0 Å². The van der Waals surface area contributed by atoms with Crippen LogP contribution < -0.4 is 5.32 Å². The van der Waals surface area contributed by atoms with Crippen LogP contribution in [0, 0.1) is 0 Å². The Morgan fingerprint density at radius 1 is 0.900 bits per heavy atom. The number of piperazine rings is 1. The number of nitrogens with zero attached hydrogens (tertiary/aromatic N) is 2. The van der Waals surface area contributed by atoms with Gasteiger partial charge in [-0.25, -0.2) is 0 Å². The molecule has 1 aliphatic rings. The molecule has 0 aromatic heterocycles. The molecule has 1 heterocycles. The van der Waals surface area contributed by atoms with Crippen LogP contribution in [0.1, 0.15) is 25.0 Å². The Hall–Kier alpha value is -0.900. The summed E-state index contributed by atoms with van der Waals surface area (Å²) in [4.78, 5) is 5.10. The molecule has 0 saturated carbocycles. The van der Waals surface area contributed by atoms with Crippen molar-refractivity contribution < 1.29 is 0 Å². The molecule has 0 aliphatic carbocycles. The van der Waals surface area contributed by atoms with Crippen LogP contribution in [0.5, 0.6) is 0 Å². The quantitative estimate of drug-likeness (QED) is 0.768. The largest absolute Gasteiger partial charge is 0.317 e. The van der Waals surface area contributed by atoms with E-state index in [1.165, 1.54) is 43.9 Å². The third-order valence-corrected chi connectivity index (χ3v) is 4.18. The normalized spacial score (nSPS) is 17.5. The smallest absolute Gasteiger partial charge is 0.0234 e. The van der Waals surface area contributed by atoms with Crippen molar-refractivity contribution in [2.45, 2.75) is 26.8 Å². The summed E-state index contributed by atoms with van der Waals surface area (Å²) in [5.74, 6) is 0. The zero-order valence-corrected chi connectivity index (χ0v) is 13.1. The van der Waals surface area contributed by atoms with Gasteiger partial charge >= 0.3 is 0 Å². The van der Waals surface area contributed by atoms with E-state index in [0.717, 1.165) is 26.1 Å². The van der Waals surface area contributed by atoms with Crippen LogP contribution in [0.2, 0.25) is 0 Å². The molecular weight excluding hydrogens is 246 g/mol. The molecule has 1 fully saturated rings. The molecule has 1 N–H and O–H groups in total. The molecule has 1 aromatic rings. The van der Waals surface area contributed by atoms with E-state index in [0.29, 0.717) is 0 Å². The zero-order chi connectivity index (χ0) is 14.2. The van der Waals surface area contributed by atoms with Crippen molar-refractivity contribution in [1.29, 1.82) is 0 Å². The number of rotatable bonds is 7. The molecule has 1 aromatic carbocycles. The molecule has 0 bridgehead atoms. The number of likely N-dealkylation sites (N-methyl/N-ethyl adjacent to an activating group) is 2. The molecule has 0 radical (unpaired) electrons. The Morgan fingerprint density at radius 3 is 2.10 bits per heavy atom. The number of hydrogen-bond acceptors (Lipinski definition) is 3. The molecule has 0 atom stereocenters. The Bertz CT molecular complexity index is 366. The van der Waals surface area contributed by atoms with E-state index in [9.17, 15) is 0 Å². The summed E-state index contributed by atoms with van der Waals surface area (Å²) in [6.45, 7) is 13.7. The first-order valence-electron chi connectivity index (χ1n) is 8.05. The second-order valence-corrected chi connectivity index (χ2v) is 5.63. The third-order valence-electron chi connectivity index (χ3n) is 4.18. The summed E-state index contributed by atoms with van der Waals surface area (Å²) >= 11 is 0. The van der Waals surface area contributed by atoms with Gasteiger partial charge in [-0.1, -0.05) is 38.1 Å². The van der Waals surface area contributed by atoms with E-state index in [1.54, 1.807) is 0 Å². The van der Waals surface area contributed by atoms with E-state index < -0.39 is 0 Å². The second-order valence-electron chi connectivity index (χ2n) is 5.63. The Morgan fingerprint density at radius 2 is 1.50 bits per heavy atom. The standard InChI is InChI=1S/C17H29N3/c1-3-18-10-9-16-5-7-17(8-6-16)15-20-13-11-19(4-2)12-14-20/h5-8,18H,3-4,9-15H2,1-2H3. The molecule has 0 unspecified atom stereocenters. The monoisotopic (exact) mass is 275 g/mol. The topological polar surface area (TPSA) is 18.5 Å². The lowest BCUT2D eigenvalue weighted by Gasteiger charge is -2.34. The number of benzene rings is 1. The van der Waals surface area contributed by atoms with Gasteiger partial charge in [-0.05, 0) is 37.2 Å². The minimum atomic E-state index is 1.06. The second kappa shape index (κ2) is 8.40. The molecule has 0 amide bonds. The highest BCUT2D eigenvalue weighted by Gasteiger charge is 2.15. The highest BCUT2D eigenvalue weighted by molar-refractivity contribution is 5.22. The lowest BCUT2D eigenvalue weighted by molar-refractivity contribution is 0.132. The minimum Gasteiger partial charge on any atom is -0.317 e. The van der Waals surface area contributed by atoms with Crippen LogP contribution >= 0.6 is 0 Å². The van der Waals surface area contributed by atoms with Gasteiger partial charge in [0, 0.05) is 32.7 Å². The predicted octanol–water partition coefficient (Wildman–Crippen LogP) is 1.98. The van der Waals surface area contributed by atoms with Crippen LogP contribution in [0.15, 0.2) is 24.3 Å². The van der Waals surface area contributed by atoms with Crippen molar-refractivity contribution >= 4 is 0 Å². The fourth-order valence-electron chi connectivity index (χ4n) is 2.74. The average Bonchev–Trinajstić information content (AvgIpc) is 2.50. The maximum Gasteiger partial charge on any atom is 0.0234 e. The first kappa shape index (κ1) is 15.5. The molecule has 3 heteroatoms. The Kier molecular flexibility index (Phi) is 6.51. The van der Waals surface area contributed by atoms with E-state index in [-0.39, 0.29) is 0 Å². The Balaban J connectivity index is 1.76. The maximum absolute atomic E-state index is 3.37. The van der Waals surface area contributed by atoms with Crippen LogP contribution in [-0.4, -0.2) is 55.6 Å². The average molecular weight is 275 g/mol. The van der Waals surface area contributed by atoms with Gasteiger partial charge in [-0.3, -0.25) is 4.90 Å². The van der Waals surface area contributed by atoms with Gasteiger partial charge in [-0.15, -0.1) is 0 Å². The van der Waals surface area contributed by atoms with Crippen LogP contribution in [0.4, 0.5) is 0 Å². The Labute approximate surface area is 124 Å². The molecule has 1 aliphatic heterocycles. The summed E-state index contributed by atoms with van der Waals surface area (Å²) in [5.41, 5.74) is 2.88. The first-order valence-corrected chi connectivity index (χ1v) is 8.05. The lowest BCUT2D eigenvalue weighted by atomic mass is 10.1. The lowest BCUT2D eigenvalue weighted by Crippen LogP contribution is -2.45. The number of nitrogens with one attached hydrogen (secondary N) is 1. The molecule has 3 nitrogen and oxygen atoms in total. The third kappa shape index (κ3) is 4.89. The van der Waals surface area contributed by atoms with Crippen molar-refractivity contribution in [1.82, 2.24) is 15.1 Å². The molecule has 112 valence electrons. The van der Waals surface area contributed by atoms with Crippen LogP contribution in [0.3, 0.4) is 0 Å². The molecule has 20 heavy (non-hydrogen) atoms. The summed E-state index contributed by atoms with van der Waals surface area (Å²) in [6, 6.07) is 9.17. The van der Waals surface area contributed by atoms with E-state index in [4.69, 9.17) is 0 Å². The van der Waals surface area contributed by atoms with E-state index in [2.05, 4.69) is 53.2 Å². The molecule has 1 saturated heterocycles. The van der Waals surface area contributed by atoms with Gasteiger partial charge < -0.3 is 10.2 Å². The van der Waals surface area contributed by atoms with Crippen molar-refractivity contribution in [3.05, 3.63) is 35.4 Å². The molecular formula is C17H29N3. The summed E-state index contributed by atoms with van der Waals surface area (Å²) < 4.78 is 0. The first-order chi connectivity index (χ1) is 9.81. The summed E-state index contributed by atoms with van der Waals surface area (Å²) in [6.07, 6.45) is 1.13. The van der Waals surface area contributed by atoms with Crippen LogP contribution in [-0.2, 0) is 13.0 Å². The maximum atomic E-state index is 3.37. The van der Waals surface area contributed by atoms with E-state index in [1.807, 2.05) is 0 Å². The molecule has 0 spiro atoms. The van der Waals surface area contributed by atoms with Gasteiger partial charge in [0.1, 0.15) is 0 Å². The highest BCUT2D eigenvalue weighted by Crippen LogP contribution is 2.10. The van der Waals surface area contributed by atoms with Gasteiger partial charge in [0.05, 0.1) is 0 Å². The van der Waals surface area contributed by atoms with Gasteiger partial charge in [0.25, 0.3) is 0 Å².